The van der Waals surface area contributed by atoms with Gasteiger partial charge in [-0.25, -0.2) is 4.39 Å². The molecule has 0 bridgehead atoms. The highest BCUT2D eigenvalue weighted by molar-refractivity contribution is 6.18. The number of hydrogen-bond donors (Lipinski definition) is 2. The van der Waals surface area contributed by atoms with Gasteiger partial charge in [0.2, 0.25) is 0 Å². The summed E-state index contributed by atoms with van der Waals surface area (Å²) in [7, 11) is 0. The molecule has 20 heavy (non-hydrogen) atoms. The maximum Gasteiger partial charge on any atom is 0.150 e. The molecule has 2 rings (SSSR count). The van der Waals surface area contributed by atoms with Crippen LogP contribution in [0.5, 0.6) is 11.5 Å². The van der Waals surface area contributed by atoms with Crippen molar-refractivity contribution in [3.63, 3.8) is 0 Å². The van der Waals surface area contributed by atoms with Crippen molar-refractivity contribution in [1.82, 2.24) is 0 Å². The number of nitrogens with one attached hydrogen (secondary N) is 1. The zero-order chi connectivity index (χ0) is 14.4. The van der Waals surface area contributed by atoms with Crippen LogP contribution in [0.1, 0.15) is 0 Å². The van der Waals surface area contributed by atoms with Crippen molar-refractivity contribution in [3.05, 3.63) is 54.3 Å². The number of rotatable bonds is 6. The zero-order valence-corrected chi connectivity index (χ0v) is 11.5. The van der Waals surface area contributed by atoms with Gasteiger partial charge in [0.15, 0.2) is 5.75 Å². The summed E-state index contributed by atoms with van der Waals surface area (Å²) in [6.07, 6.45) is -0.704. The number of hydrogen-bond acceptors (Lipinski definition) is 3. The smallest absolute Gasteiger partial charge is 0.150 e. The van der Waals surface area contributed by atoms with Crippen molar-refractivity contribution >= 4 is 17.3 Å². The molecule has 2 aromatic carbocycles. The van der Waals surface area contributed by atoms with E-state index in [-0.39, 0.29) is 18.2 Å². The fourth-order valence-corrected chi connectivity index (χ4v) is 1.74. The van der Waals surface area contributed by atoms with Gasteiger partial charge in [-0.2, -0.15) is 0 Å². The average Bonchev–Trinajstić information content (AvgIpc) is 2.48. The van der Waals surface area contributed by atoms with Crippen LogP contribution in [0.2, 0.25) is 0 Å². The van der Waals surface area contributed by atoms with Crippen LogP contribution in [0, 0.1) is 5.82 Å². The van der Waals surface area contributed by atoms with E-state index in [0.29, 0.717) is 17.2 Å². The van der Waals surface area contributed by atoms with Crippen LogP contribution in [0.3, 0.4) is 0 Å². The first-order valence-corrected chi connectivity index (χ1v) is 6.73. The Kier molecular flexibility index (Phi) is 5.21. The topological polar surface area (TPSA) is 41.5 Å². The number of benzene rings is 2. The molecule has 0 saturated carbocycles. The Morgan fingerprint density at radius 2 is 1.95 bits per heavy atom. The van der Waals surface area contributed by atoms with Gasteiger partial charge in [-0.3, -0.25) is 0 Å². The van der Waals surface area contributed by atoms with E-state index in [2.05, 4.69) is 5.32 Å². The maximum absolute atomic E-state index is 13.3. The van der Waals surface area contributed by atoms with Gasteiger partial charge < -0.3 is 15.2 Å². The number of para-hydroxylation sites is 1. The minimum atomic E-state index is -0.704. The first kappa shape index (κ1) is 14.6. The lowest BCUT2D eigenvalue weighted by molar-refractivity contribution is 0.211. The highest BCUT2D eigenvalue weighted by Crippen LogP contribution is 2.30. The van der Waals surface area contributed by atoms with Crippen LogP contribution in [-0.2, 0) is 0 Å². The quantitative estimate of drug-likeness (QED) is 0.800. The molecule has 0 aliphatic heterocycles. The van der Waals surface area contributed by atoms with Crippen molar-refractivity contribution in [2.24, 2.45) is 0 Å². The Morgan fingerprint density at radius 3 is 2.65 bits per heavy atom. The summed E-state index contributed by atoms with van der Waals surface area (Å²) in [5.74, 6) is 0.865. The summed E-state index contributed by atoms with van der Waals surface area (Å²) in [6.45, 7) is 0.220. The number of alkyl halides is 1. The molecular weight excluding hydrogens is 281 g/mol. The number of ether oxygens (including phenoxy) is 1. The standard InChI is InChI=1S/C15H15ClFNO2/c16-9-12(19)10-18-14-8-11(17)6-7-15(14)20-13-4-2-1-3-5-13/h1-8,12,18-19H,9-10H2. The summed E-state index contributed by atoms with van der Waals surface area (Å²) in [5.41, 5.74) is 0.470. The van der Waals surface area contributed by atoms with Crippen molar-refractivity contribution in [1.29, 1.82) is 0 Å². The molecule has 0 saturated heterocycles. The number of aliphatic hydroxyl groups excluding tert-OH is 1. The van der Waals surface area contributed by atoms with E-state index in [1.54, 1.807) is 12.1 Å². The van der Waals surface area contributed by atoms with Crippen LogP contribution >= 0.6 is 11.6 Å². The Morgan fingerprint density at radius 1 is 1.20 bits per heavy atom. The van der Waals surface area contributed by atoms with E-state index in [1.165, 1.54) is 18.2 Å². The van der Waals surface area contributed by atoms with Crippen LogP contribution in [0.15, 0.2) is 48.5 Å². The Labute approximate surface area is 122 Å². The molecule has 0 amide bonds. The third-order valence-electron chi connectivity index (χ3n) is 2.62. The summed E-state index contributed by atoms with van der Waals surface area (Å²) in [6, 6.07) is 13.4. The molecular formula is C15H15ClFNO2. The molecule has 0 fully saturated rings. The fraction of sp³-hybridized carbons (Fsp3) is 0.200. The van der Waals surface area contributed by atoms with Gasteiger partial charge in [-0.15, -0.1) is 11.6 Å². The van der Waals surface area contributed by atoms with E-state index in [9.17, 15) is 9.50 Å². The molecule has 2 N–H and O–H groups in total. The largest absolute Gasteiger partial charge is 0.455 e. The molecule has 0 aromatic heterocycles. The molecule has 0 aliphatic carbocycles. The second-order valence-corrected chi connectivity index (χ2v) is 4.55. The Balaban J connectivity index is 2.15. The molecule has 1 atom stereocenters. The van der Waals surface area contributed by atoms with Crippen LogP contribution in [-0.4, -0.2) is 23.6 Å². The lowest BCUT2D eigenvalue weighted by Crippen LogP contribution is -2.21. The van der Waals surface area contributed by atoms with E-state index < -0.39 is 6.10 Å². The highest BCUT2D eigenvalue weighted by atomic mass is 35.5. The van der Waals surface area contributed by atoms with Crippen LogP contribution < -0.4 is 10.1 Å². The second kappa shape index (κ2) is 7.12. The lowest BCUT2D eigenvalue weighted by Gasteiger charge is -2.14. The fourth-order valence-electron chi connectivity index (χ4n) is 1.63. The summed E-state index contributed by atoms with van der Waals surface area (Å²) in [5, 5.41) is 12.4. The number of anilines is 1. The van der Waals surface area contributed by atoms with Crippen molar-refractivity contribution in [2.75, 3.05) is 17.7 Å². The monoisotopic (exact) mass is 295 g/mol. The van der Waals surface area contributed by atoms with Gasteiger partial charge in [0.1, 0.15) is 11.6 Å². The molecule has 5 heteroatoms. The molecule has 0 spiro atoms. The molecule has 106 valence electrons. The molecule has 2 aromatic rings. The first-order chi connectivity index (χ1) is 9.69. The lowest BCUT2D eigenvalue weighted by atomic mass is 10.2. The van der Waals surface area contributed by atoms with Gasteiger partial charge in [0.25, 0.3) is 0 Å². The minimum Gasteiger partial charge on any atom is -0.455 e. The second-order valence-electron chi connectivity index (χ2n) is 4.24. The van der Waals surface area contributed by atoms with E-state index in [4.69, 9.17) is 16.3 Å². The number of halogens is 2. The SMILES string of the molecule is OC(CCl)CNc1cc(F)ccc1Oc1ccccc1. The van der Waals surface area contributed by atoms with E-state index in [1.807, 2.05) is 18.2 Å². The highest BCUT2D eigenvalue weighted by Gasteiger charge is 2.08. The normalized spacial score (nSPS) is 11.9. The van der Waals surface area contributed by atoms with Gasteiger partial charge >= 0.3 is 0 Å². The maximum atomic E-state index is 13.3. The number of aliphatic hydroxyl groups is 1. The molecule has 0 heterocycles. The predicted molar refractivity (Wildman–Crippen MR) is 78.1 cm³/mol. The summed E-state index contributed by atoms with van der Waals surface area (Å²) >= 11 is 5.52. The third-order valence-corrected chi connectivity index (χ3v) is 2.98. The molecule has 3 nitrogen and oxygen atoms in total. The zero-order valence-electron chi connectivity index (χ0n) is 10.7. The van der Waals surface area contributed by atoms with Crippen molar-refractivity contribution < 1.29 is 14.2 Å². The van der Waals surface area contributed by atoms with Gasteiger partial charge in [0.05, 0.1) is 17.7 Å². The van der Waals surface area contributed by atoms with Crippen molar-refractivity contribution in [2.45, 2.75) is 6.10 Å². The van der Waals surface area contributed by atoms with Gasteiger partial charge in [0, 0.05) is 12.6 Å². The Bertz CT molecular complexity index is 551. The molecule has 1 unspecified atom stereocenters. The first-order valence-electron chi connectivity index (χ1n) is 6.19. The average molecular weight is 296 g/mol. The third kappa shape index (κ3) is 4.11. The van der Waals surface area contributed by atoms with Crippen LogP contribution in [0.25, 0.3) is 0 Å². The minimum absolute atomic E-state index is 0.108. The van der Waals surface area contributed by atoms with Gasteiger partial charge in [-0.05, 0) is 24.3 Å². The molecule has 0 aliphatic rings. The summed E-state index contributed by atoms with van der Waals surface area (Å²) < 4.78 is 19.0. The predicted octanol–water partition coefficient (Wildman–Crippen LogP) is 3.63. The van der Waals surface area contributed by atoms with Crippen LogP contribution in [0.4, 0.5) is 10.1 Å². The van der Waals surface area contributed by atoms with E-state index >= 15 is 0 Å². The van der Waals surface area contributed by atoms with E-state index in [0.717, 1.165) is 0 Å². The van der Waals surface area contributed by atoms with Crippen molar-refractivity contribution in [3.8, 4) is 11.5 Å². The molecule has 0 radical (unpaired) electrons. The Hall–Kier alpha value is -1.78. The summed E-state index contributed by atoms with van der Waals surface area (Å²) in [4.78, 5) is 0. The van der Waals surface area contributed by atoms with Gasteiger partial charge in [-0.1, -0.05) is 18.2 Å².